The Bertz CT molecular complexity index is 804. The molecular weight excluding hydrogens is 372 g/mol. The van der Waals surface area contributed by atoms with Gasteiger partial charge in [0.2, 0.25) is 5.91 Å². The summed E-state index contributed by atoms with van der Waals surface area (Å²) in [5.41, 5.74) is 2.47. The van der Waals surface area contributed by atoms with Crippen molar-refractivity contribution in [3.8, 4) is 11.5 Å². The van der Waals surface area contributed by atoms with Crippen LogP contribution in [0.1, 0.15) is 24.0 Å². The molecule has 0 unspecified atom stereocenters. The first-order chi connectivity index (χ1) is 13.8. The van der Waals surface area contributed by atoms with Gasteiger partial charge in [0.1, 0.15) is 13.2 Å². The van der Waals surface area contributed by atoms with E-state index in [9.17, 15) is 4.79 Å². The minimum atomic E-state index is 0.0287. The average molecular weight is 399 g/mol. The number of amides is 1. The third-order valence-electron chi connectivity index (χ3n) is 5.00. The zero-order chi connectivity index (χ0) is 19.2. The number of rotatable bonds is 7. The molecule has 0 spiro atoms. The van der Waals surface area contributed by atoms with E-state index in [0.717, 1.165) is 28.5 Å². The maximum absolute atomic E-state index is 12.2. The van der Waals surface area contributed by atoms with Crippen LogP contribution >= 0.6 is 11.8 Å². The third-order valence-corrected chi connectivity index (χ3v) is 5.99. The van der Waals surface area contributed by atoms with Gasteiger partial charge in [-0.25, -0.2) is 0 Å². The minimum absolute atomic E-state index is 0.0287. The van der Waals surface area contributed by atoms with Gasteiger partial charge in [-0.1, -0.05) is 24.3 Å². The molecule has 0 atom stereocenters. The van der Waals surface area contributed by atoms with Crippen molar-refractivity contribution < 1.29 is 14.3 Å². The summed E-state index contributed by atoms with van der Waals surface area (Å²) in [5, 5.41) is 3.00. The lowest BCUT2D eigenvalue weighted by Gasteiger charge is -2.18. The van der Waals surface area contributed by atoms with Crippen molar-refractivity contribution in [2.75, 3.05) is 32.1 Å². The van der Waals surface area contributed by atoms with Crippen molar-refractivity contribution in [1.29, 1.82) is 0 Å². The van der Waals surface area contributed by atoms with Gasteiger partial charge in [0.05, 0.1) is 5.75 Å². The lowest BCUT2D eigenvalue weighted by molar-refractivity contribution is -0.118. The summed E-state index contributed by atoms with van der Waals surface area (Å²) >= 11 is 1.50. The van der Waals surface area contributed by atoms with Crippen molar-refractivity contribution in [1.82, 2.24) is 10.2 Å². The number of thioether (sulfide) groups is 1. The Hall–Kier alpha value is -2.18. The van der Waals surface area contributed by atoms with E-state index in [4.69, 9.17) is 9.47 Å². The predicted molar refractivity (Wildman–Crippen MR) is 111 cm³/mol. The lowest BCUT2D eigenvalue weighted by atomic mass is 10.1. The summed E-state index contributed by atoms with van der Waals surface area (Å²) in [5.74, 6) is 1.94. The molecule has 5 nitrogen and oxygen atoms in total. The Morgan fingerprint density at radius 1 is 0.964 bits per heavy atom. The Morgan fingerprint density at radius 2 is 1.68 bits per heavy atom. The summed E-state index contributed by atoms with van der Waals surface area (Å²) in [6, 6.07) is 14.4. The van der Waals surface area contributed by atoms with Gasteiger partial charge in [-0.05, 0) is 55.3 Å². The molecule has 0 aliphatic carbocycles. The zero-order valence-corrected chi connectivity index (χ0v) is 16.8. The van der Waals surface area contributed by atoms with Crippen LogP contribution in [0.15, 0.2) is 47.4 Å². The van der Waals surface area contributed by atoms with Crippen LogP contribution in [0.2, 0.25) is 0 Å². The molecule has 2 aliphatic heterocycles. The molecule has 148 valence electrons. The van der Waals surface area contributed by atoms with Crippen LogP contribution in [-0.2, 0) is 17.9 Å². The fraction of sp³-hybridized carbons (Fsp3) is 0.409. The predicted octanol–water partition coefficient (Wildman–Crippen LogP) is 3.46. The number of benzene rings is 2. The quantitative estimate of drug-likeness (QED) is 0.724. The fourth-order valence-corrected chi connectivity index (χ4v) is 4.23. The van der Waals surface area contributed by atoms with Gasteiger partial charge < -0.3 is 14.8 Å². The number of hydrogen-bond donors (Lipinski definition) is 1. The zero-order valence-electron chi connectivity index (χ0n) is 16.0. The van der Waals surface area contributed by atoms with Crippen LogP contribution < -0.4 is 14.8 Å². The summed E-state index contributed by atoms with van der Waals surface area (Å²) in [6.45, 7) is 5.15. The molecule has 2 aromatic carbocycles. The van der Waals surface area contributed by atoms with Crippen molar-refractivity contribution in [2.24, 2.45) is 0 Å². The molecule has 2 aromatic rings. The molecule has 0 bridgehead atoms. The van der Waals surface area contributed by atoms with E-state index in [-0.39, 0.29) is 5.91 Å². The van der Waals surface area contributed by atoms with E-state index >= 15 is 0 Å². The van der Waals surface area contributed by atoms with E-state index in [1.165, 1.54) is 43.3 Å². The monoisotopic (exact) mass is 398 g/mol. The Morgan fingerprint density at radius 3 is 2.46 bits per heavy atom. The van der Waals surface area contributed by atoms with Crippen molar-refractivity contribution in [3.05, 3.63) is 53.6 Å². The third kappa shape index (κ3) is 5.20. The first-order valence-corrected chi connectivity index (χ1v) is 10.8. The molecule has 1 N–H and O–H groups in total. The van der Waals surface area contributed by atoms with E-state index in [2.05, 4.69) is 34.5 Å². The van der Waals surface area contributed by atoms with Gasteiger partial charge in [-0.15, -0.1) is 11.8 Å². The molecule has 2 aliphatic rings. The Balaban J connectivity index is 1.21. The van der Waals surface area contributed by atoms with Crippen molar-refractivity contribution >= 4 is 17.7 Å². The van der Waals surface area contributed by atoms with E-state index in [1.54, 1.807) is 0 Å². The first kappa shape index (κ1) is 19.2. The Kier molecular flexibility index (Phi) is 6.39. The highest BCUT2D eigenvalue weighted by molar-refractivity contribution is 8.00. The van der Waals surface area contributed by atoms with Crippen LogP contribution in [0.3, 0.4) is 0 Å². The lowest BCUT2D eigenvalue weighted by Crippen LogP contribution is -2.24. The standard InChI is InChI=1S/C22H26N2O3S/c25-22(16-28-19-7-8-20-21(13-19)27-12-11-26-20)23-14-17-3-5-18(6-4-17)15-24-9-1-2-10-24/h3-8,13H,1-2,9-12,14-16H2,(H,23,25). The summed E-state index contributed by atoms with van der Waals surface area (Å²) in [6.07, 6.45) is 2.63. The number of carbonyl (C=O) groups is 1. The van der Waals surface area contributed by atoms with Crippen molar-refractivity contribution in [2.45, 2.75) is 30.8 Å². The number of carbonyl (C=O) groups excluding carboxylic acids is 1. The maximum atomic E-state index is 12.2. The molecule has 0 radical (unpaired) electrons. The van der Waals surface area contributed by atoms with Gasteiger partial charge in [0, 0.05) is 18.0 Å². The van der Waals surface area contributed by atoms with E-state index < -0.39 is 0 Å². The molecule has 0 saturated carbocycles. The molecule has 4 rings (SSSR count). The second kappa shape index (κ2) is 9.34. The number of hydrogen-bond acceptors (Lipinski definition) is 5. The largest absolute Gasteiger partial charge is 0.486 e. The van der Waals surface area contributed by atoms with Gasteiger partial charge in [0.25, 0.3) is 0 Å². The van der Waals surface area contributed by atoms with Crippen LogP contribution in [0.25, 0.3) is 0 Å². The minimum Gasteiger partial charge on any atom is -0.486 e. The van der Waals surface area contributed by atoms with Gasteiger partial charge >= 0.3 is 0 Å². The molecule has 0 aromatic heterocycles. The maximum Gasteiger partial charge on any atom is 0.230 e. The molecule has 1 amide bonds. The van der Waals surface area contributed by atoms with Crippen molar-refractivity contribution in [3.63, 3.8) is 0 Å². The number of nitrogens with zero attached hydrogens (tertiary/aromatic N) is 1. The van der Waals surface area contributed by atoms with Gasteiger partial charge in [-0.3, -0.25) is 9.69 Å². The SMILES string of the molecule is O=C(CSc1ccc2c(c1)OCCO2)NCc1ccc(CN2CCCC2)cc1. The smallest absolute Gasteiger partial charge is 0.230 e. The van der Waals surface area contributed by atoms with E-state index in [1.807, 2.05) is 18.2 Å². The summed E-state index contributed by atoms with van der Waals surface area (Å²) < 4.78 is 11.1. The molecule has 1 saturated heterocycles. The average Bonchev–Trinajstić information content (AvgIpc) is 3.24. The normalized spacial score (nSPS) is 16.1. The summed E-state index contributed by atoms with van der Waals surface area (Å²) in [4.78, 5) is 15.7. The molecular formula is C22H26N2O3S. The molecule has 28 heavy (non-hydrogen) atoms. The number of nitrogens with one attached hydrogen (secondary N) is 1. The first-order valence-electron chi connectivity index (χ1n) is 9.85. The molecule has 6 heteroatoms. The highest BCUT2D eigenvalue weighted by Gasteiger charge is 2.13. The second-order valence-electron chi connectivity index (χ2n) is 7.17. The van der Waals surface area contributed by atoms with Gasteiger partial charge in [0.15, 0.2) is 11.5 Å². The molecule has 1 fully saturated rings. The van der Waals surface area contributed by atoms with Crippen LogP contribution in [0, 0.1) is 0 Å². The van der Waals surface area contributed by atoms with Crippen LogP contribution in [0.4, 0.5) is 0 Å². The van der Waals surface area contributed by atoms with E-state index in [0.29, 0.717) is 25.5 Å². The highest BCUT2D eigenvalue weighted by atomic mass is 32.2. The second-order valence-corrected chi connectivity index (χ2v) is 8.22. The number of ether oxygens (including phenoxy) is 2. The van der Waals surface area contributed by atoms with Crippen LogP contribution in [0.5, 0.6) is 11.5 Å². The topological polar surface area (TPSA) is 50.8 Å². The van der Waals surface area contributed by atoms with Gasteiger partial charge in [-0.2, -0.15) is 0 Å². The summed E-state index contributed by atoms with van der Waals surface area (Å²) in [7, 11) is 0. The number of likely N-dealkylation sites (tertiary alicyclic amines) is 1. The highest BCUT2D eigenvalue weighted by Crippen LogP contribution is 2.34. The fourth-order valence-electron chi connectivity index (χ4n) is 3.48. The molecule has 2 heterocycles. The Labute approximate surface area is 170 Å². The number of fused-ring (bicyclic) bond motifs is 1. The van der Waals surface area contributed by atoms with Crippen LogP contribution in [-0.4, -0.2) is 42.9 Å².